The summed E-state index contributed by atoms with van der Waals surface area (Å²) in [5, 5.41) is 0. The number of carbonyl (C=O) groups is 1. The van der Waals surface area contributed by atoms with E-state index in [0.717, 1.165) is 18.8 Å². The van der Waals surface area contributed by atoms with E-state index in [9.17, 15) is 13.2 Å². The Morgan fingerprint density at radius 1 is 1.00 bits per heavy atom. The molecule has 0 aromatic heterocycles. The monoisotopic (exact) mass is 447 g/mol. The van der Waals surface area contributed by atoms with Crippen LogP contribution >= 0.6 is 0 Å². The number of nitrogens with zero attached hydrogens (tertiary/aromatic N) is 2. The van der Waals surface area contributed by atoms with Gasteiger partial charge >= 0.3 is 0 Å². The van der Waals surface area contributed by atoms with Crippen molar-refractivity contribution >= 4 is 21.6 Å². The predicted octanol–water partition coefficient (Wildman–Crippen LogP) is 2.03. The summed E-state index contributed by atoms with van der Waals surface area (Å²) in [7, 11) is -0.831. The fourth-order valence-electron chi connectivity index (χ4n) is 3.56. The van der Waals surface area contributed by atoms with Gasteiger partial charge < -0.3 is 19.3 Å². The van der Waals surface area contributed by atoms with Gasteiger partial charge in [0.1, 0.15) is 0 Å². The summed E-state index contributed by atoms with van der Waals surface area (Å²) in [6.45, 7) is 4.85. The molecule has 1 fully saturated rings. The van der Waals surface area contributed by atoms with Gasteiger partial charge in [-0.3, -0.25) is 4.79 Å². The fraction of sp³-hybridized carbons (Fsp3) is 0.409. The Hall–Kier alpha value is -2.78. The van der Waals surface area contributed by atoms with E-state index in [-0.39, 0.29) is 23.8 Å². The summed E-state index contributed by atoms with van der Waals surface area (Å²) in [5.41, 5.74) is 2.37. The van der Waals surface area contributed by atoms with Gasteiger partial charge in [0.15, 0.2) is 11.5 Å². The average Bonchev–Trinajstić information content (AvgIpc) is 2.78. The first-order chi connectivity index (χ1) is 14.8. The van der Waals surface area contributed by atoms with Gasteiger partial charge in [0.25, 0.3) is 0 Å². The van der Waals surface area contributed by atoms with E-state index in [2.05, 4.69) is 34.7 Å². The first-order valence-corrected chi connectivity index (χ1v) is 11.6. The van der Waals surface area contributed by atoms with Gasteiger partial charge in [-0.15, -0.1) is 0 Å². The third-order valence-electron chi connectivity index (χ3n) is 5.30. The number of nitrogens with one attached hydrogen (secondary N) is 1. The second-order valence-corrected chi connectivity index (χ2v) is 9.14. The van der Waals surface area contributed by atoms with Crippen molar-refractivity contribution < 1.29 is 22.7 Å². The smallest absolute Gasteiger partial charge is 0.240 e. The van der Waals surface area contributed by atoms with E-state index >= 15 is 0 Å². The van der Waals surface area contributed by atoms with Crippen LogP contribution < -0.4 is 19.1 Å². The maximum Gasteiger partial charge on any atom is 0.240 e. The molecule has 0 saturated carbocycles. The number of benzene rings is 2. The van der Waals surface area contributed by atoms with E-state index in [4.69, 9.17) is 9.47 Å². The summed E-state index contributed by atoms with van der Waals surface area (Å²) in [6, 6.07) is 12.7. The molecule has 0 aliphatic carbocycles. The third-order valence-corrected chi connectivity index (χ3v) is 6.75. The lowest BCUT2D eigenvalue weighted by Crippen LogP contribution is -2.49. The fourth-order valence-corrected chi connectivity index (χ4v) is 4.60. The standard InChI is InChI=1S/C22H29N3O5S/c1-17-5-4-6-18(15-17)24-11-13-25(14-12-24)22(26)9-10-23-31(27,28)19-7-8-20(29-2)21(16-19)30-3/h4-8,15-16,23H,9-14H2,1-3H3. The van der Waals surface area contributed by atoms with E-state index in [1.807, 2.05) is 6.07 Å². The van der Waals surface area contributed by atoms with Crippen LogP contribution in [-0.2, 0) is 14.8 Å². The van der Waals surface area contributed by atoms with Crippen molar-refractivity contribution in [1.82, 2.24) is 9.62 Å². The number of methoxy groups -OCH3 is 2. The highest BCUT2D eigenvalue weighted by Crippen LogP contribution is 2.29. The van der Waals surface area contributed by atoms with Crippen molar-refractivity contribution in [2.24, 2.45) is 0 Å². The quantitative estimate of drug-likeness (QED) is 0.666. The number of sulfonamides is 1. The Morgan fingerprint density at radius 2 is 1.71 bits per heavy atom. The number of rotatable bonds is 8. The average molecular weight is 448 g/mol. The van der Waals surface area contributed by atoms with Gasteiger partial charge in [0.05, 0.1) is 19.1 Å². The highest BCUT2D eigenvalue weighted by Gasteiger charge is 2.22. The normalized spacial score (nSPS) is 14.4. The van der Waals surface area contributed by atoms with Crippen molar-refractivity contribution in [3.63, 3.8) is 0 Å². The van der Waals surface area contributed by atoms with Crippen molar-refractivity contribution in [3.8, 4) is 11.5 Å². The molecule has 9 heteroatoms. The summed E-state index contributed by atoms with van der Waals surface area (Å²) in [5.74, 6) is 0.716. The highest BCUT2D eigenvalue weighted by atomic mass is 32.2. The van der Waals surface area contributed by atoms with Gasteiger partial charge in [-0.1, -0.05) is 12.1 Å². The first-order valence-electron chi connectivity index (χ1n) is 10.1. The van der Waals surface area contributed by atoms with E-state index < -0.39 is 10.0 Å². The summed E-state index contributed by atoms with van der Waals surface area (Å²) in [6.07, 6.45) is 0.108. The zero-order chi connectivity index (χ0) is 22.4. The lowest BCUT2D eigenvalue weighted by molar-refractivity contribution is -0.131. The molecule has 0 atom stereocenters. The molecule has 0 bridgehead atoms. The van der Waals surface area contributed by atoms with Crippen LogP contribution in [0.3, 0.4) is 0 Å². The summed E-state index contributed by atoms with van der Waals surface area (Å²) < 4.78 is 37.9. The molecule has 168 valence electrons. The topological polar surface area (TPSA) is 88.2 Å². The highest BCUT2D eigenvalue weighted by molar-refractivity contribution is 7.89. The lowest BCUT2D eigenvalue weighted by Gasteiger charge is -2.36. The Morgan fingerprint density at radius 3 is 2.35 bits per heavy atom. The van der Waals surface area contributed by atoms with Crippen LogP contribution in [0, 0.1) is 6.92 Å². The van der Waals surface area contributed by atoms with Crippen LogP contribution in [0.15, 0.2) is 47.4 Å². The summed E-state index contributed by atoms with van der Waals surface area (Å²) in [4.78, 5) is 16.6. The predicted molar refractivity (Wildman–Crippen MR) is 119 cm³/mol. The molecule has 0 radical (unpaired) electrons. The third kappa shape index (κ3) is 5.68. The molecular weight excluding hydrogens is 418 g/mol. The zero-order valence-corrected chi connectivity index (χ0v) is 18.9. The maximum atomic E-state index is 12.5. The van der Waals surface area contributed by atoms with Crippen LogP contribution in [-0.4, -0.2) is 66.2 Å². The van der Waals surface area contributed by atoms with Crippen molar-refractivity contribution in [3.05, 3.63) is 48.0 Å². The van der Waals surface area contributed by atoms with Gasteiger partial charge in [-0.05, 0) is 36.8 Å². The molecule has 31 heavy (non-hydrogen) atoms. The minimum Gasteiger partial charge on any atom is -0.493 e. The molecule has 0 spiro atoms. The largest absolute Gasteiger partial charge is 0.493 e. The maximum absolute atomic E-state index is 12.5. The number of piperazine rings is 1. The van der Waals surface area contributed by atoms with Crippen molar-refractivity contribution in [1.29, 1.82) is 0 Å². The molecule has 1 heterocycles. The molecule has 1 saturated heterocycles. The lowest BCUT2D eigenvalue weighted by atomic mass is 10.2. The molecule has 2 aromatic carbocycles. The second-order valence-electron chi connectivity index (χ2n) is 7.37. The van der Waals surface area contributed by atoms with Gasteiger partial charge in [-0.25, -0.2) is 13.1 Å². The molecule has 1 amide bonds. The van der Waals surface area contributed by atoms with Gasteiger partial charge in [0.2, 0.25) is 15.9 Å². The molecule has 3 rings (SSSR count). The molecular formula is C22H29N3O5S. The van der Waals surface area contributed by atoms with E-state index in [1.165, 1.54) is 38.0 Å². The van der Waals surface area contributed by atoms with Crippen LogP contribution in [0.4, 0.5) is 5.69 Å². The number of amides is 1. The molecule has 0 unspecified atom stereocenters. The van der Waals surface area contributed by atoms with E-state index in [0.29, 0.717) is 24.6 Å². The van der Waals surface area contributed by atoms with Gasteiger partial charge in [-0.2, -0.15) is 0 Å². The SMILES string of the molecule is COc1ccc(S(=O)(=O)NCCC(=O)N2CCN(c3cccc(C)c3)CC2)cc1OC. The van der Waals surface area contributed by atoms with Crippen LogP contribution in [0.1, 0.15) is 12.0 Å². The Bertz CT molecular complexity index is 1020. The molecule has 1 aliphatic rings. The summed E-state index contributed by atoms with van der Waals surface area (Å²) >= 11 is 0. The molecule has 1 N–H and O–H groups in total. The minimum absolute atomic E-state index is 0.0353. The van der Waals surface area contributed by atoms with Gasteiger partial charge in [0, 0.05) is 50.9 Å². The van der Waals surface area contributed by atoms with Crippen LogP contribution in [0.2, 0.25) is 0 Å². The number of hydrogen-bond donors (Lipinski definition) is 1. The van der Waals surface area contributed by atoms with Crippen LogP contribution in [0.25, 0.3) is 0 Å². The first kappa shape index (κ1) is 22.9. The molecule has 1 aliphatic heterocycles. The molecule has 8 nitrogen and oxygen atoms in total. The zero-order valence-electron chi connectivity index (χ0n) is 18.1. The molecule has 2 aromatic rings. The second kappa shape index (κ2) is 10.0. The minimum atomic E-state index is -3.76. The van der Waals surface area contributed by atoms with Crippen LogP contribution in [0.5, 0.6) is 11.5 Å². The van der Waals surface area contributed by atoms with Crippen molar-refractivity contribution in [2.75, 3.05) is 51.8 Å². The van der Waals surface area contributed by atoms with Crippen molar-refractivity contribution in [2.45, 2.75) is 18.2 Å². The number of carbonyl (C=O) groups excluding carboxylic acids is 1. The Labute approximate surface area is 183 Å². The number of anilines is 1. The number of ether oxygens (including phenoxy) is 2. The number of hydrogen-bond acceptors (Lipinski definition) is 6. The Kier molecular flexibility index (Phi) is 7.40. The Balaban J connectivity index is 1.50. The number of aryl methyl sites for hydroxylation is 1. The van der Waals surface area contributed by atoms with E-state index in [1.54, 1.807) is 4.90 Å².